The van der Waals surface area contributed by atoms with E-state index >= 15 is 0 Å². The molecule has 0 saturated heterocycles. The fraction of sp³-hybridized carbons (Fsp3) is 0.100. The first-order chi connectivity index (χ1) is 5.90. The predicted octanol–water partition coefficient (Wildman–Crippen LogP) is 2.24. The zero-order chi connectivity index (χ0) is 8.39. The van der Waals surface area contributed by atoms with Gasteiger partial charge in [0.15, 0.2) is 6.29 Å². The lowest BCUT2D eigenvalue weighted by molar-refractivity contribution is -0.104. The van der Waals surface area contributed by atoms with Gasteiger partial charge in [0.25, 0.3) is 0 Å². The Balaban J connectivity index is 2.31. The van der Waals surface area contributed by atoms with E-state index in [2.05, 4.69) is 6.08 Å². The smallest absolute Gasteiger partial charge is 0.150 e. The van der Waals surface area contributed by atoms with Gasteiger partial charge >= 0.3 is 0 Å². The highest BCUT2D eigenvalue weighted by molar-refractivity contribution is 8.03. The Hall–Kier alpha value is -1.02. The van der Waals surface area contributed by atoms with Gasteiger partial charge in [0.1, 0.15) is 0 Å². The van der Waals surface area contributed by atoms with Crippen molar-refractivity contribution in [3.8, 4) is 0 Å². The monoisotopic (exact) mass is 176 g/mol. The number of hydrogen-bond donors (Lipinski definition) is 0. The van der Waals surface area contributed by atoms with Gasteiger partial charge in [0.05, 0.1) is 5.25 Å². The highest BCUT2D eigenvalue weighted by Crippen LogP contribution is 2.31. The number of allylic oxidation sites excluding steroid dienone is 5. The fourth-order valence-corrected chi connectivity index (χ4v) is 2.14. The minimum Gasteiger partial charge on any atom is -0.298 e. The number of hydrogen-bond acceptors (Lipinski definition) is 2. The maximum absolute atomic E-state index is 10.5. The van der Waals surface area contributed by atoms with E-state index in [9.17, 15) is 4.79 Å². The van der Waals surface area contributed by atoms with Crippen molar-refractivity contribution in [2.45, 2.75) is 5.25 Å². The zero-order valence-electron chi connectivity index (χ0n) is 6.44. The van der Waals surface area contributed by atoms with Gasteiger partial charge in [-0.15, -0.1) is 11.8 Å². The largest absolute Gasteiger partial charge is 0.298 e. The van der Waals surface area contributed by atoms with Crippen molar-refractivity contribution < 1.29 is 4.79 Å². The molecule has 2 heteroatoms. The third-order valence-electron chi connectivity index (χ3n) is 1.83. The molecule has 1 aliphatic heterocycles. The summed E-state index contributed by atoms with van der Waals surface area (Å²) in [5, 5.41) is 2.32. The molecule has 0 aromatic heterocycles. The molecule has 0 N–H and O–H groups in total. The molecule has 1 nitrogen and oxygen atoms in total. The van der Waals surface area contributed by atoms with Crippen molar-refractivity contribution in [1.29, 1.82) is 0 Å². The molecule has 1 heterocycles. The Kier molecular flexibility index (Phi) is 2.00. The topological polar surface area (TPSA) is 17.1 Å². The molecule has 0 amide bonds. The molecule has 0 radical (unpaired) electrons. The van der Waals surface area contributed by atoms with Gasteiger partial charge in [0.2, 0.25) is 0 Å². The fourth-order valence-electron chi connectivity index (χ4n) is 1.23. The van der Waals surface area contributed by atoms with Gasteiger partial charge in [-0.1, -0.05) is 24.3 Å². The lowest BCUT2D eigenvalue weighted by Crippen LogP contribution is -2.06. The Morgan fingerprint density at radius 1 is 1.42 bits per heavy atom. The second-order valence-corrected chi connectivity index (χ2v) is 3.70. The van der Waals surface area contributed by atoms with Gasteiger partial charge in [-0.2, -0.15) is 0 Å². The molecular weight excluding hydrogens is 168 g/mol. The van der Waals surface area contributed by atoms with Crippen LogP contribution in [0.25, 0.3) is 0 Å². The van der Waals surface area contributed by atoms with Crippen LogP contribution in [0.4, 0.5) is 0 Å². The predicted molar refractivity (Wildman–Crippen MR) is 51.9 cm³/mol. The first-order valence-electron chi connectivity index (χ1n) is 3.77. The molecule has 1 unspecified atom stereocenters. The maximum atomic E-state index is 10.5. The van der Waals surface area contributed by atoms with E-state index in [1.807, 2.05) is 29.7 Å². The standard InChI is InChI=1S/C10H8OS/c11-6-8-5-9-3-1-2-4-10(9)12-7-8/h1-7,10H. The van der Waals surface area contributed by atoms with E-state index < -0.39 is 0 Å². The van der Waals surface area contributed by atoms with Crippen molar-refractivity contribution in [2.75, 3.05) is 0 Å². The molecule has 0 aromatic rings. The summed E-state index contributed by atoms with van der Waals surface area (Å²) in [7, 11) is 0. The summed E-state index contributed by atoms with van der Waals surface area (Å²) in [6.45, 7) is 0. The van der Waals surface area contributed by atoms with Gasteiger partial charge in [0, 0.05) is 5.57 Å². The van der Waals surface area contributed by atoms with E-state index in [0.29, 0.717) is 5.25 Å². The summed E-state index contributed by atoms with van der Waals surface area (Å²) < 4.78 is 0. The van der Waals surface area contributed by atoms with E-state index in [1.165, 1.54) is 5.57 Å². The average molecular weight is 176 g/mol. The second kappa shape index (κ2) is 3.15. The van der Waals surface area contributed by atoms with Crippen LogP contribution in [0.15, 0.2) is 46.9 Å². The normalized spacial score (nSPS) is 25.8. The molecular formula is C10H8OS. The van der Waals surface area contributed by atoms with Crippen molar-refractivity contribution in [3.63, 3.8) is 0 Å². The Morgan fingerprint density at radius 2 is 2.33 bits per heavy atom. The molecule has 0 bridgehead atoms. The second-order valence-electron chi connectivity index (χ2n) is 2.68. The summed E-state index contributed by atoms with van der Waals surface area (Å²) in [5.74, 6) is 0. The van der Waals surface area contributed by atoms with Crippen LogP contribution in [0, 0.1) is 0 Å². The highest BCUT2D eigenvalue weighted by Gasteiger charge is 2.14. The van der Waals surface area contributed by atoms with Crippen LogP contribution in [0.5, 0.6) is 0 Å². The van der Waals surface area contributed by atoms with Crippen LogP contribution < -0.4 is 0 Å². The minimum atomic E-state index is 0.415. The van der Waals surface area contributed by atoms with E-state index in [1.54, 1.807) is 11.8 Å². The summed E-state index contributed by atoms with van der Waals surface area (Å²) in [6.07, 6.45) is 11.0. The van der Waals surface area contributed by atoms with E-state index in [0.717, 1.165) is 11.9 Å². The molecule has 1 aliphatic carbocycles. The molecule has 0 spiro atoms. The first-order valence-corrected chi connectivity index (χ1v) is 4.72. The SMILES string of the molecule is O=CC1=CSC2C=CC=CC2=C1. The zero-order valence-corrected chi connectivity index (χ0v) is 7.25. The number of carbonyl (C=O) groups is 1. The number of fused-ring (bicyclic) bond motifs is 1. The third kappa shape index (κ3) is 1.30. The van der Waals surface area contributed by atoms with Crippen LogP contribution in [0.3, 0.4) is 0 Å². The Bertz CT molecular complexity index is 321. The summed E-state index contributed by atoms with van der Waals surface area (Å²) in [5.41, 5.74) is 1.98. The van der Waals surface area contributed by atoms with Crippen molar-refractivity contribution in [2.24, 2.45) is 0 Å². The van der Waals surface area contributed by atoms with Crippen molar-refractivity contribution in [3.05, 3.63) is 46.9 Å². The molecule has 60 valence electrons. The third-order valence-corrected chi connectivity index (χ3v) is 2.97. The molecule has 12 heavy (non-hydrogen) atoms. The van der Waals surface area contributed by atoms with Crippen LogP contribution in [0.1, 0.15) is 0 Å². The number of rotatable bonds is 1. The van der Waals surface area contributed by atoms with Gasteiger partial charge in [-0.25, -0.2) is 0 Å². The highest BCUT2D eigenvalue weighted by atomic mass is 32.2. The molecule has 1 atom stereocenters. The van der Waals surface area contributed by atoms with Gasteiger partial charge in [-0.05, 0) is 17.1 Å². The molecule has 0 fully saturated rings. The van der Waals surface area contributed by atoms with Crippen molar-refractivity contribution in [1.82, 2.24) is 0 Å². The van der Waals surface area contributed by atoms with Gasteiger partial charge in [-0.3, -0.25) is 4.79 Å². The first kappa shape index (κ1) is 7.62. The minimum absolute atomic E-state index is 0.415. The molecule has 0 aromatic carbocycles. The summed E-state index contributed by atoms with van der Waals surface area (Å²) in [6, 6.07) is 0. The van der Waals surface area contributed by atoms with Crippen LogP contribution in [-0.4, -0.2) is 11.5 Å². The van der Waals surface area contributed by atoms with Crippen molar-refractivity contribution >= 4 is 18.0 Å². The lowest BCUT2D eigenvalue weighted by atomic mass is 10.0. The van der Waals surface area contributed by atoms with E-state index in [-0.39, 0.29) is 0 Å². The summed E-state index contributed by atoms with van der Waals surface area (Å²) in [4.78, 5) is 10.5. The number of aldehydes is 1. The average Bonchev–Trinajstić information content (AvgIpc) is 2.17. The molecule has 2 rings (SSSR count). The lowest BCUT2D eigenvalue weighted by Gasteiger charge is -2.18. The molecule has 2 aliphatic rings. The quantitative estimate of drug-likeness (QED) is 0.570. The maximum Gasteiger partial charge on any atom is 0.150 e. The summed E-state index contributed by atoms with van der Waals surface area (Å²) >= 11 is 1.68. The van der Waals surface area contributed by atoms with Crippen LogP contribution >= 0.6 is 11.8 Å². The molecule has 0 saturated carbocycles. The Labute approximate surface area is 75.5 Å². The van der Waals surface area contributed by atoms with Crippen LogP contribution in [-0.2, 0) is 4.79 Å². The van der Waals surface area contributed by atoms with Gasteiger partial charge < -0.3 is 0 Å². The number of carbonyl (C=O) groups excluding carboxylic acids is 1. The van der Waals surface area contributed by atoms with Crippen LogP contribution in [0.2, 0.25) is 0 Å². The Morgan fingerprint density at radius 3 is 3.17 bits per heavy atom. The number of thioether (sulfide) groups is 1. The van der Waals surface area contributed by atoms with E-state index in [4.69, 9.17) is 0 Å².